The minimum atomic E-state index is -0.705. The summed E-state index contributed by atoms with van der Waals surface area (Å²) in [6, 6.07) is 3.92. The molecule has 22 heavy (non-hydrogen) atoms. The molecule has 0 spiro atoms. The molecule has 1 saturated carbocycles. The molecule has 2 aliphatic rings. The summed E-state index contributed by atoms with van der Waals surface area (Å²) in [7, 11) is 0. The molecular formula is C17H26N4O. The van der Waals surface area contributed by atoms with E-state index in [2.05, 4.69) is 15.2 Å². The fourth-order valence-corrected chi connectivity index (χ4v) is 3.44. The number of pyridine rings is 1. The first-order chi connectivity index (χ1) is 10.7. The van der Waals surface area contributed by atoms with Gasteiger partial charge in [-0.1, -0.05) is 19.3 Å². The van der Waals surface area contributed by atoms with Gasteiger partial charge in [0, 0.05) is 13.1 Å². The van der Waals surface area contributed by atoms with E-state index >= 15 is 0 Å². The number of aromatic nitrogens is 1. The number of carbonyl (C=O) groups excluding carboxylic acids is 1. The van der Waals surface area contributed by atoms with E-state index in [4.69, 9.17) is 5.73 Å². The zero-order chi connectivity index (χ0) is 15.4. The van der Waals surface area contributed by atoms with Crippen LogP contribution in [0.4, 0.5) is 11.5 Å². The molecule has 0 unspecified atom stereocenters. The highest BCUT2D eigenvalue weighted by Crippen LogP contribution is 2.27. The lowest BCUT2D eigenvalue weighted by Crippen LogP contribution is -2.52. The molecule has 1 aliphatic carbocycles. The van der Waals surface area contributed by atoms with Gasteiger partial charge in [0.05, 0.1) is 17.4 Å². The molecule has 0 aromatic carbocycles. The van der Waals surface area contributed by atoms with Crippen LogP contribution >= 0.6 is 0 Å². The maximum Gasteiger partial charge on any atom is 0.244 e. The summed E-state index contributed by atoms with van der Waals surface area (Å²) >= 11 is 0. The molecule has 3 rings (SSSR count). The Kier molecular flexibility index (Phi) is 4.62. The van der Waals surface area contributed by atoms with Crippen molar-refractivity contribution in [2.75, 3.05) is 23.3 Å². The van der Waals surface area contributed by atoms with E-state index in [1.165, 1.54) is 25.7 Å². The van der Waals surface area contributed by atoms with Gasteiger partial charge in [0.1, 0.15) is 5.82 Å². The number of hydrogen-bond acceptors (Lipinski definition) is 4. The van der Waals surface area contributed by atoms with Crippen LogP contribution < -0.4 is 16.0 Å². The second kappa shape index (κ2) is 6.65. The van der Waals surface area contributed by atoms with Crippen LogP contribution in [0.25, 0.3) is 0 Å². The van der Waals surface area contributed by atoms with Crippen LogP contribution in [0, 0.1) is 0 Å². The fraction of sp³-hybridized carbons (Fsp3) is 0.647. The first kappa shape index (κ1) is 15.3. The number of anilines is 2. The zero-order valence-corrected chi connectivity index (χ0v) is 13.2. The quantitative estimate of drug-likeness (QED) is 0.900. The summed E-state index contributed by atoms with van der Waals surface area (Å²) in [5, 5.41) is 2.94. The molecular weight excluding hydrogens is 276 g/mol. The average Bonchev–Trinajstić information content (AvgIpc) is 2.57. The van der Waals surface area contributed by atoms with Crippen LogP contribution in [-0.2, 0) is 4.79 Å². The van der Waals surface area contributed by atoms with Crippen LogP contribution in [0.3, 0.4) is 0 Å². The Bertz CT molecular complexity index is 502. The molecule has 1 aromatic heterocycles. The summed E-state index contributed by atoms with van der Waals surface area (Å²) in [6.07, 6.45) is 10.3. The highest BCUT2D eigenvalue weighted by atomic mass is 16.2. The molecule has 3 N–H and O–H groups in total. The molecule has 0 atom stereocenters. The lowest BCUT2D eigenvalue weighted by molar-refractivity contribution is -0.122. The molecule has 0 radical (unpaired) electrons. The van der Waals surface area contributed by atoms with Crippen molar-refractivity contribution in [1.82, 2.24) is 4.98 Å². The number of nitrogens with zero attached hydrogens (tertiary/aromatic N) is 2. The molecule has 5 nitrogen and oxygen atoms in total. The van der Waals surface area contributed by atoms with Crippen molar-refractivity contribution in [3.05, 3.63) is 18.3 Å². The van der Waals surface area contributed by atoms with Gasteiger partial charge in [0.25, 0.3) is 0 Å². The van der Waals surface area contributed by atoms with Crippen molar-refractivity contribution >= 4 is 17.4 Å². The standard InChI is InChI=1S/C17H26N4O/c18-17(9-3-1-4-10-17)16(22)20-14-7-8-15(19-13-14)21-11-5-2-6-12-21/h7-8,13H,1-6,9-12,18H2,(H,20,22). The van der Waals surface area contributed by atoms with Gasteiger partial charge in [-0.05, 0) is 44.2 Å². The van der Waals surface area contributed by atoms with Gasteiger partial charge in [-0.2, -0.15) is 0 Å². The van der Waals surface area contributed by atoms with E-state index in [0.29, 0.717) is 0 Å². The van der Waals surface area contributed by atoms with Gasteiger partial charge in [-0.15, -0.1) is 0 Å². The van der Waals surface area contributed by atoms with Crippen molar-refractivity contribution < 1.29 is 4.79 Å². The van der Waals surface area contributed by atoms with E-state index in [0.717, 1.165) is 50.3 Å². The van der Waals surface area contributed by atoms with Gasteiger partial charge in [0.2, 0.25) is 5.91 Å². The zero-order valence-electron chi connectivity index (χ0n) is 13.2. The number of nitrogens with two attached hydrogens (primary N) is 1. The Labute approximate surface area is 132 Å². The predicted octanol–water partition coefficient (Wildman–Crippen LogP) is 2.67. The minimum Gasteiger partial charge on any atom is -0.357 e. The normalized spacial score (nSPS) is 21.4. The minimum absolute atomic E-state index is 0.0697. The second-order valence-electron chi connectivity index (χ2n) is 6.62. The third kappa shape index (κ3) is 3.40. The van der Waals surface area contributed by atoms with Gasteiger partial charge in [-0.3, -0.25) is 4.79 Å². The van der Waals surface area contributed by atoms with Crippen molar-refractivity contribution in [3.63, 3.8) is 0 Å². The van der Waals surface area contributed by atoms with E-state index in [1.807, 2.05) is 12.1 Å². The Morgan fingerprint density at radius 1 is 1.09 bits per heavy atom. The van der Waals surface area contributed by atoms with Crippen LogP contribution in [-0.4, -0.2) is 29.5 Å². The summed E-state index contributed by atoms with van der Waals surface area (Å²) < 4.78 is 0. The number of amides is 1. The number of hydrogen-bond donors (Lipinski definition) is 2. The Balaban J connectivity index is 1.61. The topological polar surface area (TPSA) is 71.2 Å². The van der Waals surface area contributed by atoms with Crippen LogP contribution in [0.5, 0.6) is 0 Å². The van der Waals surface area contributed by atoms with Crippen LogP contribution in [0.1, 0.15) is 51.4 Å². The molecule has 0 bridgehead atoms. The summed E-state index contributed by atoms with van der Waals surface area (Å²) in [6.45, 7) is 2.15. The molecule has 1 aliphatic heterocycles. The monoisotopic (exact) mass is 302 g/mol. The van der Waals surface area contributed by atoms with E-state index < -0.39 is 5.54 Å². The van der Waals surface area contributed by atoms with Gasteiger partial charge < -0.3 is 16.0 Å². The Hall–Kier alpha value is -1.62. The molecule has 2 fully saturated rings. The fourth-order valence-electron chi connectivity index (χ4n) is 3.44. The van der Waals surface area contributed by atoms with E-state index in [1.54, 1.807) is 6.20 Å². The average molecular weight is 302 g/mol. The first-order valence-electron chi connectivity index (χ1n) is 8.49. The molecule has 5 heteroatoms. The maximum absolute atomic E-state index is 12.4. The second-order valence-corrected chi connectivity index (χ2v) is 6.62. The van der Waals surface area contributed by atoms with Gasteiger partial charge in [-0.25, -0.2) is 4.98 Å². The number of piperidine rings is 1. The van der Waals surface area contributed by atoms with Crippen molar-refractivity contribution in [2.24, 2.45) is 5.73 Å². The van der Waals surface area contributed by atoms with Crippen molar-refractivity contribution in [3.8, 4) is 0 Å². The number of carbonyl (C=O) groups is 1. The molecule has 2 heterocycles. The highest BCUT2D eigenvalue weighted by molar-refractivity contribution is 5.97. The Morgan fingerprint density at radius 2 is 1.77 bits per heavy atom. The van der Waals surface area contributed by atoms with Gasteiger partial charge >= 0.3 is 0 Å². The third-order valence-corrected chi connectivity index (χ3v) is 4.88. The van der Waals surface area contributed by atoms with Crippen molar-refractivity contribution in [2.45, 2.75) is 56.9 Å². The highest BCUT2D eigenvalue weighted by Gasteiger charge is 2.35. The third-order valence-electron chi connectivity index (χ3n) is 4.88. The molecule has 1 amide bonds. The summed E-state index contributed by atoms with van der Waals surface area (Å²) in [5.74, 6) is 0.928. The van der Waals surface area contributed by atoms with Crippen LogP contribution in [0.2, 0.25) is 0 Å². The SMILES string of the molecule is NC1(C(=O)Nc2ccc(N3CCCCC3)nc2)CCCCC1. The lowest BCUT2D eigenvalue weighted by Gasteiger charge is -2.32. The number of nitrogens with one attached hydrogen (secondary N) is 1. The predicted molar refractivity (Wildman–Crippen MR) is 88.9 cm³/mol. The molecule has 1 saturated heterocycles. The summed E-state index contributed by atoms with van der Waals surface area (Å²) in [5.41, 5.74) is 6.29. The number of rotatable bonds is 3. The summed E-state index contributed by atoms with van der Waals surface area (Å²) in [4.78, 5) is 19.2. The maximum atomic E-state index is 12.4. The molecule has 1 aromatic rings. The van der Waals surface area contributed by atoms with E-state index in [-0.39, 0.29) is 5.91 Å². The first-order valence-corrected chi connectivity index (χ1v) is 8.49. The smallest absolute Gasteiger partial charge is 0.244 e. The van der Waals surface area contributed by atoms with Gasteiger partial charge in [0.15, 0.2) is 0 Å². The lowest BCUT2D eigenvalue weighted by atomic mass is 9.82. The van der Waals surface area contributed by atoms with Crippen molar-refractivity contribution in [1.29, 1.82) is 0 Å². The Morgan fingerprint density at radius 3 is 2.41 bits per heavy atom. The largest absolute Gasteiger partial charge is 0.357 e. The molecule has 120 valence electrons. The van der Waals surface area contributed by atoms with E-state index in [9.17, 15) is 4.79 Å². The van der Waals surface area contributed by atoms with Crippen LogP contribution in [0.15, 0.2) is 18.3 Å².